The molecule has 5 nitrogen and oxygen atoms in total. The maximum Gasteiger partial charge on any atom is 0.193 e. The minimum atomic E-state index is 0. The van der Waals surface area contributed by atoms with Gasteiger partial charge in [-0.05, 0) is 17.7 Å². The Kier molecular flexibility index (Phi) is 7.24. The highest BCUT2D eigenvalue weighted by Crippen LogP contribution is 2.10. The van der Waals surface area contributed by atoms with Crippen LogP contribution in [0.3, 0.4) is 0 Å². The number of benzene rings is 2. The van der Waals surface area contributed by atoms with E-state index in [2.05, 4.69) is 49.4 Å². The summed E-state index contributed by atoms with van der Waals surface area (Å²) in [6.07, 6.45) is 0.826. The molecule has 3 aromatic rings. The molecule has 0 fully saturated rings. The van der Waals surface area contributed by atoms with Gasteiger partial charge in [-0.25, -0.2) is 4.98 Å². The summed E-state index contributed by atoms with van der Waals surface area (Å²) >= 11 is 0. The number of nitrogens with one attached hydrogen (secondary N) is 2. The molecule has 1 heterocycles. The lowest BCUT2D eigenvalue weighted by molar-refractivity contribution is 0.477. The van der Waals surface area contributed by atoms with Gasteiger partial charge in [-0.15, -0.1) is 24.0 Å². The van der Waals surface area contributed by atoms with Gasteiger partial charge < -0.3 is 15.2 Å². The molecule has 6 heteroatoms. The number of halogens is 1. The molecular weight excluding hydrogens is 425 g/mol. The van der Waals surface area contributed by atoms with Crippen molar-refractivity contribution >= 4 is 41.0 Å². The molecule has 0 bridgehead atoms. The van der Waals surface area contributed by atoms with E-state index in [4.69, 9.17) is 0 Å². The average molecular weight is 449 g/mol. The number of guanidine groups is 1. The summed E-state index contributed by atoms with van der Waals surface area (Å²) in [6, 6.07) is 18.5. The van der Waals surface area contributed by atoms with Crippen LogP contribution in [-0.2, 0) is 13.0 Å². The van der Waals surface area contributed by atoms with E-state index in [0.29, 0.717) is 0 Å². The normalized spacial score (nSPS) is 11.2. The Morgan fingerprint density at radius 2 is 1.84 bits per heavy atom. The van der Waals surface area contributed by atoms with Gasteiger partial charge in [-0.2, -0.15) is 0 Å². The number of H-pyrrole nitrogens is 1. The van der Waals surface area contributed by atoms with Crippen molar-refractivity contribution in [2.24, 2.45) is 4.99 Å². The monoisotopic (exact) mass is 449 g/mol. The molecule has 0 saturated heterocycles. The van der Waals surface area contributed by atoms with E-state index in [0.717, 1.165) is 42.3 Å². The van der Waals surface area contributed by atoms with Crippen molar-refractivity contribution in [1.29, 1.82) is 0 Å². The third-order valence-corrected chi connectivity index (χ3v) is 3.92. The van der Waals surface area contributed by atoms with Crippen molar-refractivity contribution in [3.63, 3.8) is 0 Å². The Hall–Kier alpha value is -2.09. The van der Waals surface area contributed by atoms with Crippen LogP contribution in [0, 0.1) is 0 Å². The van der Waals surface area contributed by atoms with Crippen molar-refractivity contribution in [2.75, 3.05) is 20.6 Å². The van der Waals surface area contributed by atoms with Gasteiger partial charge in [-0.3, -0.25) is 4.99 Å². The van der Waals surface area contributed by atoms with Gasteiger partial charge in [0.15, 0.2) is 5.96 Å². The molecule has 0 spiro atoms. The van der Waals surface area contributed by atoms with Gasteiger partial charge in [-0.1, -0.05) is 42.5 Å². The SMILES string of the molecule is CN=C(NCCc1nc2ccccc2[nH]1)N(C)Cc1ccccc1.I. The number of nitrogens with zero attached hydrogens (tertiary/aromatic N) is 3. The first kappa shape index (κ1) is 19.2. The standard InChI is InChI=1S/C19H23N5.HI/c1-20-19(24(2)14-15-8-4-3-5-9-15)21-13-12-18-22-16-10-6-7-11-17(16)23-18;/h3-11H,12-14H2,1-2H3,(H,20,21)(H,22,23);1H. The van der Waals surface area contributed by atoms with Crippen LogP contribution in [0.5, 0.6) is 0 Å². The van der Waals surface area contributed by atoms with Crippen LogP contribution in [0.4, 0.5) is 0 Å². The van der Waals surface area contributed by atoms with Gasteiger partial charge in [0.05, 0.1) is 11.0 Å². The molecule has 1 aromatic heterocycles. The Bertz CT molecular complexity index is 780. The van der Waals surface area contributed by atoms with Crippen LogP contribution in [0.1, 0.15) is 11.4 Å². The molecule has 132 valence electrons. The molecule has 0 aliphatic heterocycles. The first-order chi connectivity index (χ1) is 11.8. The van der Waals surface area contributed by atoms with E-state index in [-0.39, 0.29) is 24.0 Å². The minimum absolute atomic E-state index is 0. The smallest absolute Gasteiger partial charge is 0.193 e. The number of rotatable bonds is 5. The van der Waals surface area contributed by atoms with Gasteiger partial charge in [0.25, 0.3) is 0 Å². The molecule has 25 heavy (non-hydrogen) atoms. The van der Waals surface area contributed by atoms with E-state index in [1.807, 2.05) is 44.4 Å². The second-order valence-electron chi connectivity index (χ2n) is 5.77. The summed E-state index contributed by atoms with van der Waals surface area (Å²) in [4.78, 5) is 14.4. The molecule has 2 aromatic carbocycles. The summed E-state index contributed by atoms with van der Waals surface area (Å²) in [5.41, 5.74) is 3.36. The van der Waals surface area contributed by atoms with Crippen molar-refractivity contribution in [3.05, 3.63) is 66.0 Å². The molecule has 0 amide bonds. The summed E-state index contributed by atoms with van der Waals surface area (Å²) < 4.78 is 0. The number of imidazole rings is 1. The third kappa shape index (κ3) is 5.19. The number of hydrogen-bond donors (Lipinski definition) is 2. The lowest BCUT2D eigenvalue weighted by Gasteiger charge is -2.22. The van der Waals surface area contributed by atoms with Crippen LogP contribution < -0.4 is 5.32 Å². The fourth-order valence-corrected chi connectivity index (χ4v) is 2.73. The number of para-hydroxylation sites is 2. The van der Waals surface area contributed by atoms with E-state index in [9.17, 15) is 0 Å². The van der Waals surface area contributed by atoms with E-state index in [1.54, 1.807) is 0 Å². The lowest BCUT2D eigenvalue weighted by Crippen LogP contribution is -2.39. The molecule has 0 aliphatic carbocycles. The number of fused-ring (bicyclic) bond motifs is 1. The molecule has 0 radical (unpaired) electrons. The first-order valence-electron chi connectivity index (χ1n) is 8.15. The minimum Gasteiger partial charge on any atom is -0.356 e. The zero-order valence-corrected chi connectivity index (χ0v) is 16.9. The molecule has 0 saturated carbocycles. The third-order valence-electron chi connectivity index (χ3n) is 3.92. The van der Waals surface area contributed by atoms with Gasteiger partial charge in [0, 0.05) is 33.6 Å². The molecular formula is C19H24IN5. The quantitative estimate of drug-likeness (QED) is 0.357. The highest BCUT2D eigenvalue weighted by Gasteiger charge is 2.07. The zero-order valence-electron chi connectivity index (χ0n) is 14.6. The van der Waals surface area contributed by atoms with Crippen LogP contribution >= 0.6 is 24.0 Å². The summed E-state index contributed by atoms with van der Waals surface area (Å²) in [7, 11) is 3.86. The molecule has 3 rings (SSSR count). The van der Waals surface area contributed by atoms with E-state index >= 15 is 0 Å². The topological polar surface area (TPSA) is 56.3 Å². The first-order valence-corrected chi connectivity index (χ1v) is 8.15. The number of aromatic amines is 1. The Balaban J connectivity index is 0.00000225. The lowest BCUT2D eigenvalue weighted by atomic mass is 10.2. The largest absolute Gasteiger partial charge is 0.356 e. The summed E-state index contributed by atoms with van der Waals surface area (Å²) in [5, 5.41) is 3.40. The zero-order chi connectivity index (χ0) is 16.8. The Morgan fingerprint density at radius 1 is 1.12 bits per heavy atom. The maximum atomic E-state index is 4.60. The number of aromatic nitrogens is 2. The van der Waals surface area contributed by atoms with Crippen LogP contribution in [0.25, 0.3) is 11.0 Å². The highest BCUT2D eigenvalue weighted by molar-refractivity contribution is 14.0. The predicted molar refractivity (Wildman–Crippen MR) is 114 cm³/mol. The van der Waals surface area contributed by atoms with Crippen molar-refractivity contribution < 1.29 is 0 Å². The van der Waals surface area contributed by atoms with Crippen molar-refractivity contribution in [3.8, 4) is 0 Å². The summed E-state index contributed by atoms with van der Waals surface area (Å²) in [5.74, 6) is 1.87. The maximum absolute atomic E-state index is 4.60. The molecule has 0 atom stereocenters. The van der Waals surface area contributed by atoms with Gasteiger partial charge >= 0.3 is 0 Å². The fourth-order valence-electron chi connectivity index (χ4n) is 2.73. The number of hydrogen-bond acceptors (Lipinski definition) is 2. The Labute approximate surface area is 165 Å². The second-order valence-corrected chi connectivity index (χ2v) is 5.77. The van der Waals surface area contributed by atoms with Crippen LogP contribution in [0.15, 0.2) is 59.6 Å². The predicted octanol–water partition coefficient (Wildman–Crippen LogP) is 3.43. The Morgan fingerprint density at radius 3 is 2.56 bits per heavy atom. The molecule has 0 aliphatic rings. The second kappa shape index (κ2) is 9.41. The van der Waals surface area contributed by atoms with Crippen molar-refractivity contribution in [2.45, 2.75) is 13.0 Å². The number of aliphatic imine (C=N–C) groups is 1. The molecule has 0 unspecified atom stereocenters. The summed E-state index contributed by atoms with van der Waals surface area (Å²) in [6.45, 7) is 1.61. The van der Waals surface area contributed by atoms with E-state index < -0.39 is 0 Å². The van der Waals surface area contributed by atoms with Crippen molar-refractivity contribution in [1.82, 2.24) is 20.2 Å². The van der Waals surface area contributed by atoms with Crippen LogP contribution in [-0.4, -0.2) is 41.5 Å². The van der Waals surface area contributed by atoms with Gasteiger partial charge in [0.1, 0.15) is 5.82 Å². The van der Waals surface area contributed by atoms with Crippen LogP contribution in [0.2, 0.25) is 0 Å². The van der Waals surface area contributed by atoms with Gasteiger partial charge in [0.2, 0.25) is 0 Å². The highest BCUT2D eigenvalue weighted by atomic mass is 127. The molecule has 2 N–H and O–H groups in total. The average Bonchev–Trinajstić information content (AvgIpc) is 3.02. The van der Waals surface area contributed by atoms with E-state index in [1.165, 1.54) is 5.56 Å². The fraction of sp³-hybridized carbons (Fsp3) is 0.263.